The molecule has 0 aliphatic carbocycles. The van der Waals surface area contributed by atoms with Crippen molar-refractivity contribution in [1.29, 1.82) is 0 Å². The van der Waals surface area contributed by atoms with Gasteiger partial charge in [0.05, 0.1) is 0 Å². The summed E-state index contributed by atoms with van der Waals surface area (Å²) >= 11 is 2.21. The van der Waals surface area contributed by atoms with Crippen LogP contribution in [0.4, 0.5) is 4.39 Å². The topological polar surface area (TPSA) is 46.5 Å². The van der Waals surface area contributed by atoms with Crippen LogP contribution in [0.5, 0.6) is 5.75 Å². The lowest BCUT2D eigenvalue weighted by Gasteiger charge is -2.07. The molecule has 0 radical (unpaired) electrons. The molecule has 1 N–H and O–H groups in total. The van der Waals surface area contributed by atoms with Gasteiger partial charge in [-0.05, 0) is 64.1 Å². The van der Waals surface area contributed by atoms with E-state index in [0.29, 0.717) is 17.9 Å². The molecule has 0 fully saturated rings. The maximum atomic E-state index is 13.5. The van der Waals surface area contributed by atoms with Gasteiger partial charge in [0.2, 0.25) is 0 Å². The molecule has 3 nitrogen and oxygen atoms in total. The summed E-state index contributed by atoms with van der Waals surface area (Å²) in [5.74, 6) is -1.20. The Morgan fingerprint density at radius 3 is 2.62 bits per heavy atom. The normalized spacial score (nSPS) is 10.8. The van der Waals surface area contributed by atoms with Crippen molar-refractivity contribution in [3.05, 3.63) is 69.1 Å². The lowest BCUT2D eigenvalue weighted by molar-refractivity contribution is -0.131. The first kappa shape index (κ1) is 15.5. The minimum absolute atomic E-state index is 0.322. The predicted molar refractivity (Wildman–Crippen MR) is 86.6 cm³/mol. The molecule has 0 unspecified atom stereocenters. The fourth-order valence-electron chi connectivity index (χ4n) is 1.68. The summed E-state index contributed by atoms with van der Waals surface area (Å²) < 4.78 is 20.1. The predicted octanol–water partition coefficient (Wildman–Crippen LogP) is 4.11. The molecule has 0 bridgehead atoms. The van der Waals surface area contributed by atoms with Crippen LogP contribution in [0.2, 0.25) is 0 Å². The molecule has 21 heavy (non-hydrogen) atoms. The zero-order valence-corrected chi connectivity index (χ0v) is 13.1. The third kappa shape index (κ3) is 5.18. The van der Waals surface area contributed by atoms with E-state index in [0.717, 1.165) is 15.2 Å². The van der Waals surface area contributed by atoms with Crippen LogP contribution in [0, 0.1) is 9.39 Å². The third-order valence-corrected chi connectivity index (χ3v) is 3.35. The fraction of sp³-hybridized carbons (Fsp3) is 0.0625. The van der Waals surface area contributed by atoms with E-state index in [-0.39, 0.29) is 0 Å². The Labute approximate surface area is 135 Å². The van der Waals surface area contributed by atoms with Gasteiger partial charge in [-0.2, -0.15) is 0 Å². The number of hydrogen-bond acceptors (Lipinski definition) is 2. The Balaban J connectivity index is 2.09. The van der Waals surface area contributed by atoms with E-state index in [1.54, 1.807) is 6.07 Å². The highest BCUT2D eigenvalue weighted by Gasteiger charge is 2.02. The van der Waals surface area contributed by atoms with Crippen LogP contribution in [-0.2, 0) is 11.4 Å². The summed E-state index contributed by atoms with van der Waals surface area (Å²) in [4.78, 5) is 10.5. The standard InChI is InChI=1S/C16H12FIO3/c17-13-7-12(3-6-16(19)20)8-15(9-13)21-10-11-1-4-14(18)5-2-11/h1-9H,10H2,(H,19,20)/b6-3+. The Bertz CT molecular complexity index is 666. The van der Waals surface area contributed by atoms with Crippen molar-refractivity contribution in [3.63, 3.8) is 0 Å². The molecule has 0 heterocycles. The largest absolute Gasteiger partial charge is 0.489 e. The highest BCUT2D eigenvalue weighted by Crippen LogP contribution is 2.19. The van der Waals surface area contributed by atoms with E-state index in [9.17, 15) is 9.18 Å². The number of benzene rings is 2. The molecule has 0 spiro atoms. The molecule has 108 valence electrons. The van der Waals surface area contributed by atoms with Crippen molar-refractivity contribution >= 4 is 34.6 Å². The van der Waals surface area contributed by atoms with E-state index >= 15 is 0 Å². The van der Waals surface area contributed by atoms with Crippen molar-refractivity contribution in [1.82, 2.24) is 0 Å². The average Bonchev–Trinajstić information content (AvgIpc) is 2.44. The van der Waals surface area contributed by atoms with E-state index < -0.39 is 11.8 Å². The Morgan fingerprint density at radius 1 is 1.24 bits per heavy atom. The molecule has 2 rings (SSSR count). The molecule has 0 atom stereocenters. The molecule has 0 aliphatic heterocycles. The van der Waals surface area contributed by atoms with Gasteiger partial charge in [-0.1, -0.05) is 12.1 Å². The van der Waals surface area contributed by atoms with Gasteiger partial charge < -0.3 is 9.84 Å². The Hall–Kier alpha value is -1.89. The number of hydrogen-bond donors (Lipinski definition) is 1. The SMILES string of the molecule is O=C(O)/C=C/c1cc(F)cc(OCc2ccc(I)cc2)c1. The van der Waals surface area contributed by atoms with Crippen LogP contribution in [0.25, 0.3) is 6.08 Å². The molecule has 0 amide bonds. The number of halogens is 2. The number of carboxylic acids is 1. The number of carboxylic acid groups (broad SMARTS) is 1. The van der Waals surface area contributed by atoms with Crippen LogP contribution in [0.1, 0.15) is 11.1 Å². The second-order valence-corrected chi connectivity index (χ2v) is 5.55. The van der Waals surface area contributed by atoms with Crippen molar-refractivity contribution in [2.24, 2.45) is 0 Å². The molecular weight excluding hydrogens is 386 g/mol. The molecule has 2 aromatic carbocycles. The van der Waals surface area contributed by atoms with Gasteiger partial charge in [0.25, 0.3) is 0 Å². The molecule has 0 saturated heterocycles. The number of carbonyl (C=O) groups is 1. The van der Waals surface area contributed by atoms with Gasteiger partial charge in [0, 0.05) is 15.7 Å². The lowest BCUT2D eigenvalue weighted by Crippen LogP contribution is -1.96. The van der Waals surface area contributed by atoms with Gasteiger partial charge in [-0.15, -0.1) is 0 Å². The summed E-state index contributed by atoms with van der Waals surface area (Å²) in [6, 6.07) is 11.9. The van der Waals surface area contributed by atoms with Gasteiger partial charge in [0.1, 0.15) is 18.2 Å². The zero-order chi connectivity index (χ0) is 15.2. The van der Waals surface area contributed by atoms with Crippen molar-refractivity contribution in [2.75, 3.05) is 0 Å². The van der Waals surface area contributed by atoms with Crippen LogP contribution >= 0.6 is 22.6 Å². The first-order chi connectivity index (χ1) is 10.0. The molecule has 0 saturated carbocycles. The maximum Gasteiger partial charge on any atom is 0.328 e. The number of rotatable bonds is 5. The highest BCUT2D eigenvalue weighted by atomic mass is 127. The van der Waals surface area contributed by atoms with Crippen LogP contribution in [0.15, 0.2) is 48.5 Å². The van der Waals surface area contributed by atoms with E-state index in [2.05, 4.69) is 22.6 Å². The van der Waals surface area contributed by atoms with Crippen molar-refractivity contribution < 1.29 is 19.0 Å². The second-order valence-electron chi connectivity index (χ2n) is 4.31. The Morgan fingerprint density at radius 2 is 1.95 bits per heavy atom. The summed E-state index contributed by atoms with van der Waals surface area (Å²) in [7, 11) is 0. The minimum atomic E-state index is -1.08. The van der Waals surface area contributed by atoms with Crippen LogP contribution in [-0.4, -0.2) is 11.1 Å². The summed E-state index contributed by atoms with van der Waals surface area (Å²) in [6.07, 6.45) is 2.28. The molecule has 0 aromatic heterocycles. The van der Waals surface area contributed by atoms with Gasteiger partial charge in [0.15, 0.2) is 0 Å². The highest BCUT2D eigenvalue weighted by molar-refractivity contribution is 14.1. The number of aliphatic carboxylic acids is 1. The molecule has 0 aliphatic rings. The molecular formula is C16H12FIO3. The quantitative estimate of drug-likeness (QED) is 0.609. The molecule has 5 heteroatoms. The van der Waals surface area contributed by atoms with Gasteiger partial charge >= 0.3 is 5.97 Å². The average molecular weight is 398 g/mol. The van der Waals surface area contributed by atoms with Gasteiger partial charge in [-0.3, -0.25) is 0 Å². The van der Waals surface area contributed by atoms with E-state index in [4.69, 9.17) is 9.84 Å². The molecule has 2 aromatic rings. The van der Waals surface area contributed by atoms with Crippen LogP contribution < -0.4 is 4.74 Å². The van der Waals surface area contributed by atoms with E-state index in [1.165, 1.54) is 18.2 Å². The third-order valence-electron chi connectivity index (χ3n) is 2.63. The Kier molecular flexibility index (Phi) is 5.32. The summed E-state index contributed by atoms with van der Waals surface area (Å²) in [5, 5.41) is 8.58. The first-order valence-electron chi connectivity index (χ1n) is 6.12. The fourth-order valence-corrected chi connectivity index (χ4v) is 2.04. The minimum Gasteiger partial charge on any atom is -0.489 e. The first-order valence-corrected chi connectivity index (χ1v) is 7.19. The van der Waals surface area contributed by atoms with E-state index in [1.807, 2.05) is 24.3 Å². The summed E-state index contributed by atoms with van der Waals surface area (Å²) in [6.45, 7) is 0.322. The maximum absolute atomic E-state index is 13.5. The van der Waals surface area contributed by atoms with Crippen LogP contribution in [0.3, 0.4) is 0 Å². The monoisotopic (exact) mass is 398 g/mol. The summed E-state index contributed by atoms with van der Waals surface area (Å²) in [5.41, 5.74) is 1.41. The van der Waals surface area contributed by atoms with Crippen molar-refractivity contribution in [2.45, 2.75) is 6.61 Å². The smallest absolute Gasteiger partial charge is 0.328 e. The lowest BCUT2D eigenvalue weighted by atomic mass is 10.2. The van der Waals surface area contributed by atoms with Crippen molar-refractivity contribution in [3.8, 4) is 5.75 Å². The number of ether oxygens (including phenoxy) is 1. The van der Waals surface area contributed by atoms with Gasteiger partial charge in [-0.25, -0.2) is 9.18 Å². The second kappa shape index (κ2) is 7.21. The zero-order valence-electron chi connectivity index (χ0n) is 10.9.